The molecule has 0 saturated heterocycles. The van der Waals surface area contributed by atoms with Crippen LogP contribution in [-0.2, 0) is 0 Å². The van der Waals surface area contributed by atoms with E-state index in [1.807, 2.05) is 6.92 Å². The number of hydrogen-bond acceptors (Lipinski definition) is 1. The summed E-state index contributed by atoms with van der Waals surface area (Å²) >= 11 is 0. The maximum absolute atomic E-state index is 3.61. The maximum Gasteiger partial charge on any atom is 0.00913 e. The lowest BCUT2D eigenvalue weighted by Gasteiger charge is -2.35. The van der Waals surface area contributed by atoms with Gasteiger partial charge in [0.25, 0.3) is 0 Å². The van der Waals surface area contributed by atoms with Crippen molar-refractivity contribution >= 4 is 0 Å². The van der Waals surface area contributed by atoms with Gasteiger partial charge in [0.2, 0.25) is 0 Å². The van der Waals surface area contributed by atoms with Crippen LogP contribution in [-0.4, -0.2) is 12.6 Å². The molecule has 0 aromatic rings. The molecule has 1 N–H and O–H groups in total. The first-order valence-corrected chi connectivity index (χ1v) is 7.26. The molecule has 0 heterocycles. The minimum Gasteiger partial charge on any atom is -0.314 e. The van der Waals surface area contributed by atoms with Crippen LogP contribution in [0.1, 0.15) is 59.8 Å². The monoisotopic (exact) mass is 235 g/mol. The van der Waals surface area contributed by atoms with Crippen molar-refractivity contribution in [1.29, 1.82) is 0 Å². The molecule has 0 radical (unpaired) electrons. The molecule has 3 unspecified atom stereocenters. The topological polar surface area (TPSA) is 12.0 Å². The Kier molecular flexibility index (Phi) is 6.66. The van der Waals surface area contributed by atoms with Gasteiger partial charge in [-0.05, 0) is 50.5 Å². The minimum atomic E-state index is 0.616. The highest BCUT2D eigenvalue weighted by atomic mass is 14.9. The Morgan fingerprint density at radius 1 is 1.24 bits per heavy atom. The molecule has 3 atom stereocenters. The predicted octanol–water partition coefficient (Wildman–Crippen LogP) is 3.84. The van der Waals surface area contributed by atoms with Gasteiger partial charge in [0.05, 0.1) is 0 Å². The molecule has 0 aromatic heterocycles. The van der Waals surface area contributed by atoms with E-state index in [9.17, 15) is 0 Å². The molecule has 0 amide bonds. The van der Waals surface area contributed by atoms with Gasteiger partial charge >= 0.3 is 0 Å². The Balaban J connectivity index is 2.42. The number of rotatable bonds is 5. The molecule has 1 heteroatoms. The van der Waals surface area contributed by atoms with Crippen molar-refractivity contribution < 1.29 is 0 Å². The third kappa shape index (κ3) is 5.59. The van der Waals surface area contributed by atoms with Gasteiger partial charge in [-0.25, -0.2) is 0 Å². The summed E-state index contributed by atoms with van der Waals surface area (Å²) in [5, 5.41) is 3.61. The van der Waals surface area contributed by atoms with Gasteiger partial charge in [0.1, 0.15) is 0 Å². The summed E-state index contributed by atoms with van der Waals surface area (Å²) in [6.07, 6.45) is 6.63. The summed E-state index contributed by atoms with van der Waals surface area (Å²) < 4.78 is 0. The molecular formula is C16H29N. The zero-order valence-electron chi connectivity index (χ0n) is 12.1. The normalized spacial score (nSPS) is 28.9. The molecular weight excluding hydrogens is 206 g/mol. The highest BCUT2D eigenvalue weighted by molar-refractivity contribution is 4.96. The van der Waals surface area contributed by atoms with Crippen molar-refractivity contribution in [3.8, 4) is 11.8 Å². The molecule has 0 spiro atoms. The Morgan fingerprint density at radius 2 is 2.00 bits per heavy atom. The maximum atomic E-state index is 3.61. The molecule has 1 saturated carbocycles. The summed E-state index contributed by atoms with van der Waals surface area (Å²) in [7, 11) is 0. The molecule has 0 aromatic carbocycles. The van der Waals surface area contributed by atoms with Gasteiger partial charge in [-0.15, -0.1) is 11.8 Å². The zero-order valence-corrected chi connectivity index (χ0v) is 12.1. The van der Waals surface area contributed by atoms with Crippen LogP contribution in [0.15, 0.2) is 0 Å². The van der Waals surface area contributed by atoms with E-state index >= 15 is 0 Å². The van der Waals surface area contributed by atoms with Crippen LogP contribution in [0.25, 0.3) is 0 Å². The Hall–Kier alpha value is -0.480. The van der Waals surface area contributed by atoms with Crippen molar-refractivity contribution in [3.05, 3.63) is 0 Å². The molecule has 0 bridgehead atoms. The largest absolute Gasteiger partial charge is 0.314 e. The van der Waals surface area contributed by atoms with Gasteiger partial charge in [-0.2, -0.15) is 0 Å². The lowest BCUT2D eigenvalue weighted by Crippen LogP contribution is -2.35. The third-order valence-corrected chi connectivity index (χ3v) is 4.01. The predicted molar refractivity (Wildman–Crippen MR) is 75.8 cm³/mol. The van der Waals surface area contributed by atoms with Crippen LogP contribution in [0.5, 0.6) is 0 Å². The highest BCUT2D eigenvalue weighted by Gasteiger charge is 2.27. The molecule has 17 heavy (non-hydrogen) atoms. The van der Waals surface area contributed by atoms with Crippen LogP contribution in [0, 0.1) is 29.6 Å². The second kappa shape index (κ2) is 7.77. The fourth-order valence-corrected chi connectivity index (χ4v) is 2.95. The molecule has 0 aliphatic heterocycles. The summed E-state index contributed by atoms with van der Waals surface area (Å²) in [4.78, 5) is 0. The molecule has 1 aliphatic carbocycles. The van der Waals surface area contributed by atoms with E-state index in [1.165, 1.54) is 32.2 Å². The van der Waals surface area contributed by atoms with Crippen molar-refractivity contribution in [2.24, 2.45) is 17.8 Å². The second-order valence-corrected chi connectivity index (χ2v) is 5.97. The molecule has 1 nitrogen and oxygen atoms in total. The van der Waals surface area contributed by atoms with Crippen molar-refractivity contribution in [2.75, 3.05) is 6.54 Å². The Labute approximate surface area is 108 Å². The first kappa shape index (κ1) is 14.6. The number of hydrogen-bond donors (Lipinski definition) is 1. The molecule has 1 fully saturated rings. The summed E-state index contributed by atoms with van der Waals surface area (Å²) in [6.45, 7) is 10.0. The quantitative estimate of drug-likeness (QED) is 0.714. The lowest BCUT2D eigenvalue weighted by atomic mass is 9.72. The summed E-state index contributed by atoms with van der Waals surface area (Å²) in [6, 6.07) is 0.616. The third-order valence-electron chi connectivity index (χ3n) is 4.01. The molecule has 98 valence electrons. The van der Waals surface area contributed by atoms with E-state index in [2.05, 4.69) is 37.9 Å². The highest BCUT2D eigenvalue weighted by Crippen LogP contribution is 2.36. The Morgan fingerprint density at radius 3 is 2.65 bits per heavy atom. The number of nitrogens with one attached hydrogen (secondary N) is 1. The van der Waals surface area contributed by atoms with Gasteiger partial charge in [0, 0.05) is 12.5 Å². The van der Waals surface area contributed by atoms with E-state index in [0.29, 0.717) is 6.04 Å². The van der Waals surface area contributed by atoms with Gasteiger partial charge in [-0.1, -0.05) is 27.2 Å². The van der Waals surface area contributed by atoms with E-state index in [-0.39, 0.29) is 0 Å². The van der Waals surface area contributed by atoms with Crippen LogP contribution in [0.4, 0.5) is 0 Å². The van der Waals surface area contributed by atoms with Crippen LogP contribution in [0.3, 0.4) is 0 Å². The molecule has 1 aliphatic rings. The van der Waals surface area contributed by atoms with Gasteiger partial charge < -0.3 is 5.32 Å². The van der Waals surface area contributed by atoms with Crippen LogP contribution >= 0.6 is 0 Å². The van der Waals surface area contributed by atoms with E-state index in [0.717, 1.165) is 24.2 Å². The fraction of sp³-hybridized carbons (Fsp3) is 0.875. The van der Waals surface area contributed by atoms with Crippen LogP contribution in [0.2, 0.25) is 0 Å². The average molecular weight is 235 g/mol. The second-order valence-electron chi connectivity index (χ2n) is 5.97. The van der Waals surface area contributed by atoms with Gasteiger partial charge in [0.15, 0.2) is 0 Å². The Bertz CT molecular complexity index is 258. The lowest BCUT2D eigenvalue weighted by molar-refractivity contribution is 0.174. The van der Waals surface area contributed by atoms with Gasteiger partial charge in [-0.3, -0.25) is 0 Å². The first-order valence-electron chi connectivity index (χ1n) is 7.26. The van der Waals surface area contributed by atoms with Crippen LogP contribution < -0.4 is 5.32 Å². The summed E-state index contributed by atoms with van der Waals surface area (Å²) in [5.74, 6) is 8.94. The minimum absolute atomic E-state index is 0.616. The van der Waals surface area contributed by atoms with E-state index in [1.54, 1.807) is 0 Å². The standard InChI is InChI=1S/C16H29N/c1-5-6-7-8-15-11-14(4)9-10-16(15)12-17-13(2)3/h13-17H,7-12H2,1-4H3. The smallest absolute Gasteiger partial charge is 0.00913 e. The van der Waals surface area contributed by atoms with E-state index in [4.69, 9.17) is 0 Å². The fourth-order valence-electron chi connectivity index (χ4n) is 2.95. The first-order chi connectivity index (χ1) is 8.13. The summed E-state index contributed by atoms with van der Waals surface area (Å²) in [5.41, 5.74) is 0. The van der Waals surface area contributed by atoms with Crippen molar-refractivity contribution in [3.63, 3.8) is 0 Å². The van der Waals surface area contributed by atoms with Crippen molar-refractivity contribution in [2.45, 2.75) is 65.8 Å². The van der Waals surface area contributed by atoms with Crippen molar-refractivity contribution in [1.82, 2.24) is 5.32 Å². The van der Waals surface area contributed by atoms with E-state index < -0.39 is 0 Å². The zero-order chi connectivity index (χ0) is 12.7. The SMILES string of the molecule is CC#CCCC1CC(C)CCC1CNC(C)C. The average Bonchev–Trinajstić information content (AvgIpc) is 2.28. The molecule has 1 rings (SSSR count).